The van der Waals surface area contributed by atoms with Gasteiger partial charge in [-0.25, -0.2) is 0 Å². The van der Waals surface area contributed by atoms with Gasteiger partial charge in [0.05, 0.1) is 0 Å². The van der Waals surface area contributed by atoms with E-state index in [-0.39, 0.29) is 105 Å². The second kappa shape index (κ2) is 10.2. The van der Waals surface area contributed by atoms with E-state index in [9.17, 15) is 19.3 Å². The quantitative estimate of drug-likeness (QED) is 0.415. The van der Waals surface area contributed by atoms with Crippen LogP contribution in [0, 0.1) is 0 Å². The SMILES string of the molecule is [Na+].[Na+].[Na+].[O-]c1ccc(C2(c3ccc(O)cc3)OS([O-])([O-])c3ccccc32)cc1. The summed E-state index contributed by atoms with van der Waals surface area (Å²) in [5.74, 6) is -0.123. The molecule has 1 N–H and O–H groups in total. The molecule has 3 aromatic rings. The van der Waals surface area contributed by atoms with Crippen molar-refractivity contribution in [1.29, 1.82) is 0 Å². The third-order valence-corrected chi connectivity index (χ3v) is 5.67. The van der Waals surface area contributed by atoms with Gasteiger partial charge in [0, 0.05) is 5.56 Å². The van der Waals surface area contributed by atoms with Crippen LogP contribution in [0.1, 0.15) is 16.7 Å². The second-order valence-electron chi connectivity index (χ2n) is 5.79. The number of benzene rings is 3. The van der Waals surface area contributed by atoms with Crippen molar-refractivity contribution in [2.24, 2.45) is 0 Å². The number of phenols is 1. The van der Waals surface area contributed by atoms with E-state index in [1.54, 1.807) is 42.5 Å². The molecule has 1 aliphatic rings. The fourth-order valence-electron chi connectivity index (χ4n) is 3.19. The normalized spacial score (nSPS) is 19.9. The minimum absolute atomic E-state index is 0. The molecule has 1 atom stereocenters. The largest absolute Gasteiger partial charge is 1.00 e. The van der Waals surface area contributed by atoms with E-state index in [0.29, 0.717) is 16.7 Å². The fraction of sp³-hybridized carbons (Fsp3) is 0.0526. The zero-order chi connectivity index (χ0) is 17.7. The summed E-state index contributed by atoms with van der Waals surface area (Å²) in [5.41, 5.74) is 0.125. The first-order valence-corrected chi connectivity index (χ1v) is 8.96. The molecule has 0 spiro atoms. The summed E-state index contributed by atoms with van der Waals surface area (Å²) in [6.07, 6.45) is 0. The Balaban J connectivity index is 0.00000131. The van der Waals surface area contributed by atoms with Crippen molar-refractivity contribution in [3.05, 3.63) is 89.5 Å². The van der Waals surface area contributed by atoms with Crippen LogP contribution < -0.4 is 93.8 Å². The Morgan fingerprint density at radius 1 is 0.750 bits per heavy atom. The summed E-state index contributed by atoms with van der Waals surface area (Å²) >= 11 is 0. The van der Waals surface area contributed by atoms with Crippen LogP contribution in [0.2, 0.25) is 0 Å². The fourth-order valence-corrected chi connectivity index (χ4v) is 4.62. The number of aromatic hydroxyl groups is 1. The van der Waals surface area contributed by atoms with E-state index in [1.807, 2.05) is 0 Å². The molecule has 9 heteroatoms. The first-order chi connectivity index (χ1) is 11.9. The molecule has 1 heterocycles. The molecule has 0 fully saturated rings. The van der Waals surface area contributed by atoms with Gasteiger partial charge in [0.25, 0.3) is 0 Å². The summed E-state index contributed by atoms with van der Waals surface area (Å²) in [6, 6.07) is 18.6. The summed E-state index contributed by atoms with van der Waals surface area (Å²) in [6.45, 7) is 0. The maximum atomic E-state index is 12.6. The third-order valence-electron chi connectivity index (χ3n) is 4.31. The molecular weight excluding hydrogens is 409 g/mol. The molecule has 0 saturated heterocycles. The number of hydrogen-bond acceptors (Lipinski definition) is 5. The Morgan fingerprint density at radius 2 is 1.25 bits per heavy atom. The molecule has 0 aliphatic carbocycles. The van der Waals surface area contributed by atoms with E-state index in [2.05, 4.69) is 0 Å². The van der Waals surface area contributed by atoms with Crippen molar-refractivity contribution < 1.29 is 112 Å². The molecule has 0 amide bonds. The number of rotatable bonds is 2. The minimum Gasteiger partial charge on any atom is -0.872 e. The zero-order valence-electron chi connectivity index (χ0n) is 15.9. The maximum Gasteiger partial charge on any atom is 1.00 e. The molecule has 4 rings (SSSR count). The predicted octanol–water partition coefficient (Wildman–Crippen LogP) is -5.86. The average Bonchev–Trinajstić information content (AvgIpc) is 2.85. The van der Waals surface area contributed by atoms with E-state index in [4.69, 9.17) is 4.18 Å². The van der Waals surface area contributed by atoms with Gasteiger partial charge in [-0.05, 0) is 34.2 Å². The molecule has 1 unspecified atom stereocenters. The molecule has 128 valence electrons. The van der Waals surface area contributed by atoms with E-state index < -0.39 is 16.5 Å². The van der Waals surface area contributed by atoms with E-state index in [1.165, 1.54) is 30.3 Å². The van der Waals surface area contributed by atoms with Gasteiger partial charge in [-0.1, -0.05) is 54.6 Å². The Hall–Kier alpha value is 0.490. The van der Waals surface area contributed by atoms with Gasteiger partial charge in [0.2, 0.25) is 0 Å². The first-order valence-electron chi connectivity index (χ1n) is 7.56. The molecule has 1 aliphatic heterocycles. The summed E-state index contributed by atoms with van der Waals surface area (Å²) in [4.78, 5) is 0.0919. The van der Waals surface area contributed by atoms with E-state index in [0.717, 1.165) is 0 Å². The van der Waals surface area contributed by atoms with Crippen molar-refractivity contribution in [1.82, 2.24) is 0 Å². The molecular formula is C19H13Na3O5S. The standard InChI is InChI=1S/C19H16O5S.3Na/c20-15-9-5-13(6-10-15)19(14-7-11-16(21)12-8-14)17-3-1-2-4-18(17)25(22,23)24-19;;;/h1-12,20-23H;;;/q;3*+1/p-3. The van der Waals surface area contributed by atoms with Crippen LogP contribution in [-0.4, -0.2) is 14.2 Å². The average molecular weight is 422 g/mol. The van der Waals surface area contributed by atoms with Crippen LogP contribution in [0.15, 0.2) is 77.7 Å². The molecule has 28 heavy (non-hydrogen) atoms. The van der Waals surface area contributed by atoms with Crippen molar-refractivity contribution in [3.63, 3.8) is 0 Å². The Kier molecular flexibility index (Phi) is 9.66. The Labute approximate surface area is 231 Å². The molecule has 3 aromatic carbocycles. The Bertz CT molecular complexity index is 888. The summed E-state index contributed by atoms with van der Waals surface area (Å²) in [7, 11) is -3.97. The van der Waals surface area contributed by atoms with Gasteiger partial charge in [-0.2, -0.15) is 0 Å². The number of fused-ring (bicyclic) bond motifs is 1. The van der Waals surface area contributed by atoms with Crippen LogP contribution in [0.4, 0.5) is 0 Å². The molecule has 0 aromatic heterocycles. The van der Waals surface area contributed by atoms with Gasteiger partial charge in [0.1, 0.15) is 5.75 Å². The number of hydrogen-bond donors (Lipinski definition) is 1. The van der Waals surface area contributed by atoms with Crippen molar-refractivity contribution >= 4 is 10.9 Å². The van der Waals surface area contributed by atoms with Gasteiger partial charge in [-0.3, -0.25) is 10.9 Å². The van der Waals surface area contributed by atoms with Gasteiger partial charge in [-0.15, -0.1) is 5.75 Å². The van der Waals surface area contributed by atoms with Crippen LogP contribution >= 0.6 is 10.9 Å². The van der Waals surface area contributed by atoms with Crippen molar-refractivity contribution in [2.75, 3.05) is 0 Å². The monoisotopic (exact) mass is 422 g/mol. The third kappa shape index (κ3) is 4.55. The summed E-state index contributed by atoms with van der Waals surface area (Å²) in [5, 5.41) is 21.1. The van der Waals surface area contributed by atoms with Crippen LogP contribution in [-0.2, 0) is 9.78 Å². The molecule has 0 radical (unpaired) electrons. The smallest absolute Gasteiger partial charge is 0.872 e. The zero-order valence-corrected chi connectivity index (χ0v) is 22.7. The second-order valence-corrected chi connectivity index (χ2v) is 7.30. The van der Waals surface area contributed by atoms with Gasteiger partial charge < -0.3 is 23.5 Å². The van der Waals surface area contributed by atoms with Gasteiger partial charge >= 0.3 is 88.7 Å². The topological polar surface area (TPSA) is 98.6 Å². The maximum absolute atomic E-state index is 12.6. The van der Waals surface area contributed by atoms with Crippen LogP contribution in [0.3, 0.4) is 0 Å². The molecule has 0 bridgehead atoms. The van der Waals surface area contributed by atoms with Crippen LogP contribution in [0.25, 0.3) is 0 Å². The predicted molar refractivity (Wildman–Crippen MR) is 88.8 cm³/mol. The Morgan fingerprint density at radius 3 is 1.82 bits per heavy atom. The van der Waals surface area contributed by atoms with E-state index >= 15 is 0 Å². The van der Waals surface area contributed by atoms with Gasteiger partial charge in [0.15, 0.2) is 5.60 Å². The van der Waals surface area contributed by atoms with Crippen molar-refractivity contribution in [3.8, 4) is 11.5 Å². The molecule has 0 saturated carbocycles. The summed E-state index contributed by atoms with van der Waals surface area (Å²) < 4.78 is 30.9. The van der Waals surface area contributed by atoms with Crippen molar-refractivity contribution in [2.45, 2.75) is 10.5 Å². The molecule has 5 nitrogen and oxygen atoms in total. The minimum atomic E-state index is -3.97. The number of phenolic OH excluding ortho intramolecular Hbond substituents is 1. The van der Waals surface area contributed by atoms with Crippen LogP contribution in [0.5, 0.6) is 11.5 Å². The first kappa shape index (κ1) is 26.5.